The summed E-state index contributed by atoms with van der Waals surface area (Å²) in [6.07, 6.45) is 3.81. The molecular weight excluding hydrogens is 399 g/mol. The summed E-state index contributed by atoms with van der Waals surface area (Å²) in [6.45, 7) is 1.85. The summed E-state index contributed by atoms with van der Waals surface area (Å²) in [5.41, 5.74) is 2.49. The first-order chi connectivity index (χ1) is 14.9. The number of nitrogens with zero attached hydrogens (tertiary/aromatic N) is 2. The van der Waals surface area contributed by atoms with Crippen LogP contribution in [0.2, 0.25) is 0 Å². The van der Waals surface area contributed by atoms with Crippen LogP contribution >= 0.6 is 0 Å². The molecule has 2 heterocycles. The van der Waals surface area contributed by atoms with E-state index in [1.54, 1.807) is 25.3 Å². The normalized spacial score (nSPS) is 20.0. The van der Waals surface area contributed by atoms with Crippen LogP contribution in [0.4, 0.5) is 4.39 Å². The van der Waals surface area contributed by atoms with Crippen LogP contribution in [0.5, 0.6) is 0 Å². The first-order valence-corrected chi connectivity index (χ1v) is 10.6. The van der Waals surface area contributed by atoms with Crippen LogP contribution < -0.4 is 10.9 Å². The fraction of sp³-hybridized carbons (Fsp3) is 0.435. The van der Waals surface area contributed by atoms with Crippen LogP contribution in [-0.2, 0) is 16.0 Å². The lowest BCUT2D eigenvalue weighted by Crippen LogP contribution is -2.37. The Morgan fingerprint density at radius 2 is 1.97 bits per heavy atom. The van der Waals surface area contributed by atoms with E-state index in [9.17, 15) is 14.0 Å². The molecule has 3 aromatic rings. The molecule has 1 aromatic carbocycles. The molecule has 1 amide bonds. The summed E-state index contributed by atoms with van der Waals surface area (Å²) in [4.78, 5) is 30.0. The molecule has 8 heteroatoms. The second-order valence-corrected chi connectivity index (χ2v) is 8.24. The van der Waals surface area contributed by atoms with Crippen LogP contribution in [0, 0.1) is 18.7 Å². The molecule has 0 spiro atoms. The monoisotopic (exact) mass is 426 g/mol. The minimum Gasteiger partial charge on any atom is -0.381 e. The van der Waals surface area contributed by atoms with E-state index in [0.29, 0.717) is 17.8 Å². The Labute approximate surface area is 179 Å². The zero-order valence-electron chi connectivity index (χ0n) is 17.7. The SMILES string of the molecule is COC1CCC(C(=O)NC(Cc2cc(=O)n3[nH]c(C)cc3n2)c2ccc(F)cc2)CC1. The summed E-state index contributed by atoms with van der Waals surface area (Å²) >= 11 is 0. The summed E-state index contributed by atoms with van der Waals surface area (Å²) in [7, 11) is 1.70. The number of fused-ring (bicyclic) bond motifs is 1. The first-order valence-electron chi connectivity index (χ1n) is 10.6. The van der Waals surface area contributed by atoms with Crippen LogP contribution in [0.25, 0.3) is 5.65 Å². The van der Waals surface area contributed by atoms with Crippen molar-refractivity contribution in [3.63, 3.8) is 0 Å². The van der Waals surface area contributed by atoms with E-state index in [0.717, 1.165) is 36.9 Å². The number of amides is 1. The van der Waals surface area contributed by atoms with Gasteiger partial charge in [-0.2, -0.15) is 0 Å². The van der Waals surface area contributed by atoms with Crippen molar-refractivity contribution in [2.45, 2.75) is 51.2 Å². The van der Waals surface area contributed by atoms with E-state index in [1.165, 1.54) is 22.7 Å². The number of methoxy groups -OCH3 is 1. The standard InChI is InChI=1S/C23H27FN4O3/c1-14-11-21-25-18(13-22(29)28(21)27-14)12-20(15-3-7-17(24)8-4-15)26-23(30)16-5-9-19(31-2)10-6-16/h3-4,7-8,11,13,16,19-20,27H,5-6,9-10,12H2,1-2H3,(H,26,30). The Bertz CT molecular complexity index is 1110. The van der Waals surface area contributed by atoms with Gasteiger partial charge in [-0.05, 0) is 50.3 Å². The molecule has 0 saturated heterocycles. The third kappa shape index (κ3) is 4.85. The van der Waals surface area contributed by atoms with Gasteiger partial charge in [0.25, 0.3) is 5.56 Å². The summed E-state index contributed by atoms with van der Waals surface area (Å²) in [5.74, 6) is -0.450. The number of ether oxygens (including phenoxy) is 1. The Morgan fingerprint density at radius 1 is 1.26 bits per heavy atom. The number of aryl methyl sites for hydroxylation is 1. The van der Waals surface area contributed by atoms with Crippen LogP contribution in [-0.4, -0.2) is 33.7 Å². The third-order valence-electron chi connectivity index (χ3n) is 6.01. The van der Waals surface area contributed by atoms with Gasteiger partial charge in [0.1, 0.15) is 5.82 Å². The Kier molecular flexibility index (Phi) is 6.18. The maximum atomic E-state index is 13.5. The predicted octanol–water partition coefficient (Wildman–Crippen LogP) is 3.08. The predicted molar refractivity (Wildman–Crippen MR) is 114 cm³/mol. The highest BCUT2D eigenvalue weighted by atomic mass is 19.1. The first kappa shape index (κ1) is 21.2. The maximum absolute atomic E-state index is 13.5. The highest BCUT2D eigenvalue weighted by molar-refractivity contribution is 5.79. The maximum Gasteiger partial charge on any atom is 0.272 e. The van der Waals surface area contributed by atoms with E-state index in [4.69, 9.17) is 4.74 Å². The van der Waals surface area contributed by atoms with Gasteiger partial charge in [-0.25, -0.2) is 13.9 Å². The zero-order valence-corrected chi connectivity index (χ0v) is 17.7. The number of hydrogen-bond acceptors (Lipinski definition) is 4. The molecule has 1 aliphatic carbocycles. The molecule has 2 N–H and O–H groups in total. The van der Waals surface area contributed by atoms with E-state index in [-0.39, 0.29) is 29.3 Å². The average molecular weight is 426 g/mol. The Hall–Kier alpha value is -3.00. The molecule has 1 saturated carbocycles. The topological polar surface area (TPSA) is 88.5 Å². The lowest BCUT2D eigenvalue weighted by Gasteiger charge is -2.28. The van der Waals surface area contributed by atoms with Crippen molar-refractivity contribution in [2.24, 2.45) is 5.92 Å². The molecular formula is C23H27FN4O3. The van der Waals surface area contributed by atoms with Gasteiger partial charge < -0.3 is 10.1 Å². The average Bonchev–Trinajstić information content (AvgIpc) is 3.14. The smallest absolute Gasteiger partial charge is 0.272 e. The van der Waals surface area contributed by atoms with Crippen molar-refractivity contribution in [1.29, 1.82) is 0 Å². The highest BCUT2D eigenvalue weighted by Gasteiger charge is 2.28. The molecule has 1 fully saturated rings. The molecule has 0 radical (unpaired) electrons. The van der Waals surface area contributed by atoms with Gasteiger partial charge in [-0.15, -0.1) is 0 Å². The molecule has 164 valence electrons. The summed E-state index contributed by atoms with van der Waals surface area (Å²) in [5, 5.41) is 6.07. The van der Waals surface area contributed by atoms with Gasteiger partial charge in [-0.1, -0.05) is 12.1 Å². The van der Waals surface area contributed by atoms with Crippen molar-refractivity contribution in [3.8, 4) is 0 Å². The number of carbonyl (C=O) groups is 1. The summed E-state index contributed by atoms with van der Waals surface area (Å²) in [6, 6.07) is 8.92. The molecule has 7 nitrogen and oxygen atoms in total. The minimum atomic E-state index is -0.414. The van der Waals surface area contributed by atoms with E-state index in [1.807, 2.05) is 6.92 Å². The molecule has 1 atom stereocenters. The molecule has 31 heavy (non-hydrogen) atoms. The van der Waals surface area contributed by atoms with Gasteiger partial charge in [0.2, 0.25) is 5.91 Å². The van der Waals surface area contributed by atoms with Crippen molar-refractivity contribution >= 4 is 11.6 Å². The van der Waals surface area contributed by atoms with Crippen molar-refractivity contribution in [2.75, 3.05) is 7.11 Å². The van der Waals surface area contributed by atoms with Gasteiger partial charge in [-0.3, -0.25) is 14.7 Å². The summed E-state index contributed by atoms with van der Waals surface area (Å²) < 4.78 is 20.3. The quantitative estimate of drug-likeness (QED) is 0.634. The second-order valence-electron chi connectivity index (χ2n) is 8.24. The zero-order chi connectivity index (χ0) is 22.0. The van der Waals surface area contributed by atoms with Crippen LogP contribution in [0.1, 0.15) is 48.7 Å². The van der Waals surface area contributed by atoms with Crippen LogP contribution in [0.15, 0.2) is 41.2 Å². The third-order valence-corrected chi connectivity index (χ3v) is 6.01. The van der Waals surface area contributed by atoms with E-state index in [2.05, 4.69) is 15.4 Å². The fourth-order valence-corrected chi connectivity index (χ4v) is 4.27. The number of benzene rings is 1. The number of aromatic amines is 1. The van der Waals surface area contributed by atoms with Gasteiger partial charge >= 0.3 is 0 Å². The fourth-order valence-electron chi connectivity index (χ4n) is 4.27. The van der Waals surface area contributed by atoms with Crippen molar-refractivity contribution < 1.29 is 13.9 Å². The number of carbonyl (C=O) groups excluding carboxylic acids is 1. The largest absolute Gasteiger partial charge is 0.381 e. The molecule has 1 unspecified atom stereocenters. The van der Waals surface area contributed by atoms with E-state index < -0.39 is 6.04 Å². The Balaban J connectivity index is 1.57. The van der Waals surface area contributed by atoms with Crippen molar-refractivity contribution in [3.05, 3.63) is 69.5 Å². The molecule has 1 aliphatic rings. The number of halogens is 1. The highest BCUT2D eigenvalue weighted by Crippen LogP contribution is 2.27. The second kappa shape index (κ2) is 9.01. The number of rotatable bonds is 6. The van der Waals surface area contributed by atoms with Crippen LogP contribution in [0.3, 0.4) is 0 Å². The number of nitrogens with one attached hydrogen (secondary N) is 2. The minimum absolute atomic E-state index is 0.0285. The number of aromatic nitrogens is 3. The Morgan fingerprint density at radius 3 is 2.65 bits per heavy atom. The van der Waals surface area contributed by atoms with Gasteiger partial charge in [0.05, 0.1) is 17.8 Å². The molecule has 0 bridgehead atoms. The van der Waals surface area contributed by atoms with Crippen molar-refractivity contribution in [1.82, 2.24) is 19.9 Å². The molecule has 4 rings (SSSR count). The molecule has 2 aromatic heterocycles. The van der Waals surface area contributed by atoms with Gasteiger partial charge in [0.15, 0.2) is 5.65 Å². The number of hydrogen-bond donors (Lipinski definition) is 2. The molecule has 0 aliphatic heterocycles. The lowest BCUT2D eigenvalue weighted by atomic mass is 9.86. The van der Waals surface area contributed by atoms with E-state index >= 15 is 0 Å². The number of H-pyrrole nitrogens is 1. The van der Waals surface area contributed by atoms with Gasteiger partial charge in [0, 0.05) is 37.3 Å². The lowest BCUT2D eigenvalue weighted by molar-refractivity contribution is -0.127.